The van der Waals surface area contributed by atoms with Crippen LogP contribution in [0.5, 0.6) is 0 Å². The molecule has 18 heavy (non-hydrogen) atoms. The SMILES string of the molecule is CCOCCCC(=O)N[C@@H](CCC(N)=O)C(=O)O. The van der Waals surface area contributed by atoms with Gasteiger partial charge in [-0.15, -0.1) is 0 Å². The first-order valence-corrected chi connectivity index (χ1v) is 5.85. The van der Waals surface area contributed by atoms with Crippen molar-refractivity contribution in [2.24, 2.45) is 5.73 Å². The van der Waals surface area contributed by atoms with Crippen molar-refractivity contribution < 1.29 is 24.2 Å². The molecule has 0 unspecified atom stereocenters. The van der Waals surface area contributed by atoms with Gasteiger partial charge in [-0.05, 0) is 19.8 Å². The van der Waals surface area contributed by atoms with Crippen LogP contribution < -0.4 is 11.1 Å². The predicted molar refractivity (Wildman–Crippen MR) is 63.7 cm³/mol. The van der Waals surface area contributed by atoms with E-state index in [2.05, 4.69) is 5.32 Å². The lowest BCUT2D eigenvalue weighted by Gasteiger charge is -2.13. The van der Waals surface area contributed by atoms with Gasteiger partial charge < -0.3 is 20.9 Å². The molecule has 0 saturated heterocycles. The van der Waals surface area contributed by atoms with Crippen LogP contribution in [0.3, 0.4) is 0 Å². The smallest absolute Gasteiger partial charge is 0.326 e. The highest BCUT2D eigenvalue weighted by molar-refractivity contribution is 5.84. The van der Waals surface area contributed by atoms with E-state index in [1.54, 1.807) is 0 Å². The molecule has 0 heterocycles. The predicted octanol–water partition coefficient (Wildman–Crippen LogP) is -0.362. The number of carbonyl (C=O) groups excluding carboxylic acids is 2. The second-order valence-corrected chi connectivity index (χ2v) is 3.76. The second-order valence-electron chi connectivity index (χ2n) is 3.76. The third-order valence-electron chi connectivity index (χ3n) is 2.21. The molecule has 4 N–H and O–H groups in total. The number of aliphatic carboxylic acids is 1. The van der Waals surface area contributed by atoms with E-state index in [0.29, 0.717) is 19.6 Å². The standard InChI is InChI=1S/C11H20N2O5/c1-2-18-7-3-4-10(15)13-8(11(16)17)5-6-9(12)14/h8H,2-7H2,1H3,(H2,12,14)(H,13,15)(H,16,17)/t8-/m0/s1. The molecule has 2 amide bonds. The Morgan fingerprint density at radius 2 is 2.00 bits per heavy atom. The zero-order valence-corrected chi connectivity index (χ0v) is 10.5. The van der Waals surface area contributed by atoms with Crippen LogP contribution in [-0.2, 0) is 19.1 Å². The Bertz CT molecular complexity index is 293. The minimum Gasteiger partial charge on any atom is -0.480 e. The van der Waals surface area contributed by atoms with Gasteiger partial charge >= 0.3 is 5.97 Å². The number of carboxylic acid groups (broad SMARTS) is 1. The summed E-state index contributed by atoms with van der Waals surface area (Å²) in [6.45, 7) is 2.89. The summed E-state index contributed by atoms with van der Waals surface area (Å²) in [5.41, 5.74) is 4.92. The van der Waals surface area contributed by atoms with Gasteiger partial charge in [-0.2, -0.15) is 0 Å². The van der Waals surface area contributed by atoms with Gasteiger partial charge in [-0.3, -0.25) is 9.59 Å². The van der Waals surface area contributed by atoms with Crippen LogP contribution in [0.15, 0.2) is 0 Å². The highest BCUT2D eigenvalue weighted by Crippen LogP contribution is 1.99. The van der Waals surface area contributed by atoms with Gasteiger partial charge in [0.25, 0.3) is 0 Å². The van der Waals surface area contributed by atoms with Crippen molar-refractivity contribution in [3.05, 3.63) is 0 Å². The van der Waals surface area contributed by atoms with Crippen molar-refractivity contribution in [1.82, 2.24) is 5.32 Å². The normalized spacial score (nSPS) is 11.8. The van der Waals surface area contributed by atoms with Crippen molar-refractivity contribution in [1.29, 1.82) is 0 Å². The molecule has 0 fully saturated rings. The van der Waals surface area contributed by atoms with Gasteiger partial charge in [0.2, 0.25) is 11.8 Å². The van der Waals surface area contributed by atoms with Crippen molar-refractivity contribution in [3.63, 3.8) is 0 Å². The van der Waals surface area contributed by atoms with Crippen LogP contribution in [0.1, 0.15) is 32.6 Å². The van der Waals surface area contributed by atoms with Crippen LogP contribution >= 0.6 is 0 Å². The molecule has 0 saturated carbocycles. The first-order valence-electron chi connectivity index (χ1n) is 5.85. The van der Waals surface area contributed by atoms with Crippen LogP contribution in [-0.4, -0.2) is 42.1 Å². The number of primary amides is 1. The third kappa shape index (κ3) is 8.51. The Morgan fingerprint density at radius 3 is 2.50 bits per heavy atom. The highest BCUT2D eigenvalue weighted by atomic mass is 16.5. The van der Waals surface area contributed by atoms with Gasteiger partial charge in [0.1, 0.15) is 6.04 Å². The Balaban J connectivity index is 3.96. The summed E-state index contributed by atoms with van der Waals surface area (Å²) in [5, 5.41) is 11.2. The fraction of sp³-hybridized carbons (Fsp3) is 0.727. The molecule has 0 aromatic rings. The van der Waals surface area contributed by atoms with Crippen molar-refractivity contribution in [2.75, 3.05) is 13.2 Å². The first-order chi connectivity index (χ1) is 8.47. The fourth-order valence-corrected chi connectivity index (χ4v) is 1.29. The summed E-state index contributed by atoms with van der Waals surface area (Å²) in [4.78, 5) is 32.8. The van der Waals surface area contributed by atoms with Crippen molar-refractivity contribution in [3.8, 4) is 0 Å². The number of rotatable bonds is 10. The van der Waals surface area contributed by atoms with Crippen LogP contribution in [0, 0.1) is 0 Å². The Labute approximate surface area is 106 Å². The fourth-order valence-electron chi connectivity index (χ4n) is 1.29. The van der Waals surface area contributed by atoms with E-state index in [9.17, 15) is 14.4 Å². The molecule has 0 bridgehead atoms. The summed E-state index contributed by atoms with van der Waals surface area (Å²) in [6, 6.07) is -1.07. The Hall–Kier alpha value is -1.63. The number of carboxylic acids is 1. The minimum absolute atomic E-state index is 0.00185. The zero-order valence-electron chi connectivity index (χ0n) is 10.5. The molecule has 0 aliphatic carbocycles. The molecule has 0 radical (unpaired) electrons. The second kappa shape index (κ2) is 9.41. The molecule has 0 aromatic heterocycles. The van der Waals surface area contributed by atoms with Crippen LogP contribution in [0.2, 0.25) is 0 Å². The van der Waals surface area contributed by atoms with Crippen molar-refractivity contribution >= 4 is 17.8 Å². The Morgan fingerprint density at radius 1 is 1.33 bits per heavy atom. The Kier molecular flexibility index (Phi) is 8.55. The van der Waals surface area contributed by atoms with E-state index >= 15 is 0 Å². The summed E-state index contributed by atoms with van der Waals surface area (Å²) in [7, 11) is 0. The van der Waals surface area contributed by atoms with Crippen LogP contribution in [0.25, 0.3) is 0 Å². The van der Waals surface area contributed by atoms with Gasteiger partial charge in [-0.1, -0.05) is 0 Å². The zero-order chi connectivity index (χ0) is 14.0. The van der Waals surface area contributed by atoms with E-state index in [0.717, 1.165) is 0 Å². The van der Waals surface area contributed by atoms with E-state index in [1.807, 2.05) is 6.92 Å². The molecule has 104 valence electrons. The summed E-state index contributed by atoms with van der Waals surface area (Å²) in [6.07, 6.45) is 0.653. The van der Waals surface area contributed by atoms with Gasteiger partial charge in [0, 0.05) is 26.1 Å². The van der Waals surface area contributed by atoms with E-state index in [1.165, 1.54) is 0 Å². The molecule has 0 spiro atoms. The number of nitrogens with one attached hydrogen (secondary N) is 1. The maximum absolute atomic E-state index is 11.4. The molecular weight excluding hydrogens is 240 g/mol. The maximum atomic E-state index is 11.4. The third-order valence-corrected chi connectivity index (χ3v) is 2.21. The summed E-state index contributed by atoms with van der Waals surface area (Å²) in [5.74, 6) is -2.13. The van der Waals surface area contributed by atoms with E-state index in [4.69, 9.17) is 15.6 Å². The molecule has 0 aliphatic rings. The van der Waals surface area contributed by atoms with Crippen LogP contribution in [0.4, 0.5) is 0 Å². The lowest BCUT2D eigenvalue weighted by molar-refractivity contribution is -0.142. The number of hydrogen-bond donors (Lipinski definition) is 3. The summed E-state index contributed by atoms with van der Waals surface area (Å²) >= 11 is 0. The molecule has 0 rings (SSSR count). The lowest BCUT2D eigenvalue weighted by Crippen LogP contribution is -2.41. The highest BCUT2D eigenvalue weighted by Gasteiger charge is 2.20. The lowest BCUT2D eigenvalue weighted by atomic mass is 10.1. The number of hydrogen-bond acceptors (Lipinski definition) is 4. The minimum atomic E-state index is -1.17. The van der Waals surface area contributed by atoms with E-state index in [-0.39, 0.29) is 25.2 Å². The number of carbonyl (C=O) groups is 3. The molecule has 0 aromatic carbocycles. The van der Waals surface area contributed by atoms with Gasteiger partial charge in [-0.25, -0.2) is 4.79 Å². The molecule has 7 heteroatoms. The molecule has 7 nitrogen and oxygen atoms in total. The number of amides is 2. The first kappa shape index (κ1) is 16.4. The maximum Gasteiger partial charge on any atom is 0.326 e. The van der Waals surface area contributed by atoms with Crippen molar-refractivity contribution in [2.45, 2.75) is 38.6 Å². The average Bonchev–Trinajstić information content (AvgIpc) is 2.29. The van der Waals surface area contributed by atoms with E-state index < -0.39 is 17.9 Å². The quantitative estimate of drug-likeness (QED) is 0.463. The largest absolute Gasteiger partial charge is 0.480 e. The number of nitrogens with two attached hydrogens (primary N) is 1. The average molecular weight is 260 g/mol. The summed E-state index contributed by atoms with van der Waals surface area (Å²) < 4.78 is 5.06. The molecule has 0 aliphatic heterocycles. The molecular formula is C11H20N2O5. The van der Waals surface area contributed by atoms with Gasteiger partial charge in [0.15, 0.2) is 0 Å². The number of ether oxygens (including phenoxy) is 1. The monoisotopic (exact) mass is 260 g/mol. The molecule has 1 atom stereocenters. The van der Waals surface area contributed by atoms with Gasteiger partial charge in [0.05, 0.1) is 0 Å². The topological polar surface area (TPSA) is 119 Å².